The number of carboxylic acids is 1. The predicted octanol–water partition coefficient (Wildman–Crippen LogP) is 2.25. The van der Waals surface area contributed by atoms with Gasteiger partial charge in [-0.2, -0.15) is 0 Å². The quantitative estimate of drug-likeness (QED) is 0.924. The summed E-state index contributed by atoms with van der Waals surface area (Å²) < 4.78 is 14.4. The maximum absolute atomic E-state index is 14.4. The number of amides is 1. The minimum Gasteiger partial charge on any atom is -0.481 e. The zero-order valence-corrected chi connectivity index (χ0v) is 13.0. The predicted molar refractivity (Wildman–Crippen MR) is 83.6 cm³/mol. The molecule has 5 nitrogen and oxygen atoms in total. The van der Waals surface area contributed by atoms with Gasteiger partial charge in [0.1, 0.15) is 5.82 Å². The Kier molecular flexibility index (Phi) is 4.61. The minimum atomic E-state index is -1.01. The number of carboxylic acid groups (broad SMARTS) is 1. The van der Waals surface area contributed by atoms with E-state index in [-0.39, 0.29) is 24.6 Å². The summed E-state index contributed by atoms with van der Waals surface area (Å²) in [4.78, 5) is 26.5. The van der Waals surface area contributed by atoms with E-state index < -0.39 is 17.7 Å². The Balaban J connectivity index is 1.72. The number of benzene rings is 1. The van der Waals surface area contributed by atoms with E-state index in [1.807, 2.05) is 6.07 Å². The summed E-state index contributed by atoms with van der Waals surface area (Å²) in [5.41, 5.74) is 1.07. The molecule has 1 N–H and O–H groups in total. The monoisotopic (exact) mass is 320 g/mol. The van der Waals surface area contributed by atoms with Gasteiger partial charge in [-0.25, -0.2) is 4.39 Å². The van der Waals surface area contributed by atoms with Crippen LogP contribution in [-0.2, 0) is 16.1 Å². The Morgan fingerprint density at radius 1 is 1.26 bits per heavy atom. The average Bonchev–Trinajstić information content (AvgIpc) is 2.91. The molecule has 2 saturated heterocycles. The summed E-state index contributed by atoms with van der Waals surface area (Å²) >= 11 is 0. The van der Waals surface area contributed by atoms with Crippen molar-refractivity contribution in [2.45, 2.75) is 32.2 Å². The van der Waals surface area contributed by atoms with E-state index in [1.165, 1.54) is 30.2 Å². The normalized spacial score (nSPS) is 22.6. The second-order valence-electron chi connectivity index (χ2n) is 6.37. The van der Waals surface area contributed by atoms with Gasteiger partial charge in [0.15, 0.2) is 0 Å². The SMILES string of the molecule is O=C(O)C1CC(=O)N(c2ccc(CN3CCCCC3)cc2F)C1. The van der Waals surface area contributed by atoms with Crippen LogP contribution in [0.5, 0.6) is 0 Å². The van der Waals surface area contributed by atoms with Crippen molar-refractivity contribution in [3.63, 3.8) is 0 Å². The fraction of sp³-hybridized carbons (Fsp3) is 0.529. The zero-order chi connectivity index (χ0) is 16.4. The van der Waals surface area contributed by atoms with Crippen molar-refractivity contribution in [2.75, 3.05) is 24.5 Å². The maximum Gasteiger partial charge on any atom is 0.308 e. The number of halogens is 1. The fourth-order valence-corrected chi connectivity index (χ4v) is 3.35. The summed E-state index contributed by atoms with van der Waals surface area (Å²) in [7, 11) is 0. The fourth-order valence-electron chi connectivity index (χ4n) is 3.35. The average molecular weight is 320 g/mol. The van der Waals surface area contributed by atoms with Gasteiger partial charge in [0.05, 0.1) is 11.6 Å². The highest BCUT2D eigenvalue weighted by Gasteiger charge is 2.36. The summed E-state index contributed by atoms with van der Waals surface area (Å²) in [5, 5.41) is 9.01. The molecule has 2 aliphatic heterocycles. The van der Waals surface area contributed by atoms with Crippen LogP contribution in [0.3, 0.4) is 0 Å². The molecule has 6 heteroatoms. The molecular formula is C17H21FN2O3. The van der Waals surface area contributed by atoms with Crippen molar-refractivity contribution in [1.82, 2.24) is 4.90 Å². The van der Waals surface area contributed by atoms with Crippen LogP contribution in [0.1, 0.15) is 31.2 Å². The smallest absolute Gasteiger partial charge is 0.308 e. The second-order valence-corrected chi connectivity index (χ2v) is 6.37. The molecule has 1 amide bonds. The second kappa shape index (κ2) is 6.66. The lowest BCUT2D eigenvalue weighted by Gasteiger charge is -2.26. The molecule has 1 unspecified atom stereocenters. The number of anilines is 1. The number of hydrogen-bond acceptors (Lipinski definition) is 3. The molecule has 1 atom stereocenters. The van der Waals surface area contributed by atoms with Gasteiger partial charge in [-0.1, -0.05) is 12.5 Å². The third-order valence-electron chi connectivity index (χ3n) is 4.63. The number of carbonyl (C=O) groups is 2. The number of rotatable bonds is 4. The number of piperidine rings is 1. The van der Waals surface area contributed by atoms with Crippen LogP contribution in [-0.4, -0.2) is 41.5 Å². The zero-order valence-electron chi connectivity index (χ0n) is 13.0. The van der Waals surface area contributed by atoms with Gasteiger partial charge < -0.3 is 10.0 Å². The molecule has 2 fully saturated rings. The van der Waals surface area contributed by atoms with E-state index in [9.17, 15) is 14.0 Å². The van der Waals surface area contributed by atoms with Crippen molar-refractivity contribution in [2.24, 2.45) is 5.92 Å². The molecule has 0 spiro atoms. The van der Waals surface area contributed by atoms with E-state index in [1.54, 1.807) is 6.07 Å². The number of carbonyl (C=O) groups excluding carboxylic acids is 1. The van der Waals surface area contributed by atoms with Gasteiger partial charge in [0.25, 0.3) is 0 Å². The standard InChI is InChI=1S/C17H21FN2O3/c18-14-8-12(10-19-6-2-1-3-7-19)4-5-15(14)20-11-13(17(22)23)9-16(20)21/h4-5,8,13H,1-3,6-7,9-11H2,(H,22,23). The molecule has 0 aliphatic carbocycles. The minimum absolute atomic E-state index is 0.0383. The molecule has 23 heavy (non-hydrogen) atoms. The van der Waals surface area contributed by atoms with E-state index >= 15 is 0 Å². The van der Waals surface area contributed by atoms with Crippen molar-refractivity contribution in [1.29, 1.82) is 0 Å². The van der Waals surface area contributed by atoms with Gasteiger partial charge in [-0.05, 0) is 43.6 Å². The van der Waals surface area contributed by atoms with Crippen LogP contribution < -0.4 is 4.90 Å². The Morgan fingerprint density at radius 2 is 2.00 bits per heavy atom. The van der Waals surface area contributed by atoms with Crippen LogP contribution in [0.4, 0.5) is 10.1 Å². The number of aliphatic carboxylic acids is 1. The van der Waals surface area contributed by atoms with Gasteiger partial charge in [-0.15, -0.1) is 0 Å². The van der Waals surface area contributed by atoms with E-state index in [0.717, 1.165) is 18.7 Å². The van der Waals surface area contributed by atoms with Crippen LogP contribution in [0.15, 0.2) is 18.2 Å². The first-order valence-electron chi connectivity index (χ1n) is 8.08. The van der Waals surface area contributed by atoms with Crippen LogP contribution >= 0.6 is 0 Å². The third kappa shape index (κ3) is 3.52. The van der Waals surface area contributed by atoms with Crippen LogP contribution in [0.25, 0.3) is 0 Å². The first-order chi connectivity index (χ1) is 11.0. The van der Waals surface area contributed by atoms with Gasteiger partial charge in [0, 0.05) is 19.5 Å². The van der Waals surface area contributed by atoms with Crippen molar-refractivity contribution < 1.29 is 19.1 Å². The van der Waals surface area contributed by atoms with Crippen molar-refractivity contribution >= 4 is 17.6 Å². The molecule has 1 aromatic carbocycles. The Morgan fingerprint density at radius 3 is 2.61 bits per heavy atom. The number of hydrogen-bond donors (Lipinski definition) is 1. The van der Waals surface area contributed by atoms with Gasteiger partial charge in [0.2, 0.25) is 5.91 Å². The van der Waals surface area contributed by atoms with E-state index in [0.29, 0.717) is 6.54 Å². The highest BCUT2D eigenvalue weighted by Crippen LogP contribution is 2.28. The van der Waals surface area contributed by atoms with Gasteiger partial charge in [-0.3, -0.25) is 14.5 Å². The molecule has 2 aliphatic rings. The Bertz CT molecular complexity index is 614. The topological polar surface area (TPSA) is 60.9 Å². The molecule has 0 aromatic heterocycles. The van der Waals surface area contributed by atoms with Crippen LogP contribution in [0, 0.1) is 11.7 Å². The first kappa shape index (κ1) is 15.9. The maximum atomic E-state index is 14.4. The molecule has 124 valence electrons. The van der Waals surface area contributed by atoms with Gasteiger partial charge >= 0.3 is 5.97 Å². The summed E-state index contributed by atoms with van der Waals surface area (Å²) in [6, 6.07) is 4.89. The first-order valence-corrected chi connectivity index (χ1v) is 8.08. The number of likely N-dealkylation sites (tertiary alicyclic amines) is 1. The van der Waals surface area contributed by atoms with E-state index in [4.69, 9.17) is 5.11 Å². The van der Waals surface area contributed by atoms with Crippen molar-refractivity contribution in [3.05, 3.63) is 29.6 Å². The lowest BCUT2D eigenvalue weighted by molar-refractivity contribution is -0.141. The summed E-state index contributed by atoms with van der Waals surface area (Å²) in [6.45, 7) is 2.82. The number of nitrogens with zero attached hydrogens (tertiary/aromatic N) is 2. The molecule has 0 saturated carbocycles. The molecule has 3 rings (SSSR count). The lowest BCUT2D eigenvalue weighted by atomic mass is 10.1. The highest BCUT2D eigenvalue weighted by atomic mass is 19.1. The largest absolute Gasteiger partial charge is 0.481 e. The summed E-state index contributed by atoms with van der Waals surface area (Å²) in [6.07, 6.45) is 3.55. The molecule has 0 radical (unpaired) electrons. The molecular weight excluding hydrogens is 299 g/mol. The Labute approximate surface area is 134 Å². The third-order valence-corrected chi connectivity index (χ3v) is 4.63. The molecule has 2 heterocycles. The lowest BCUT2D eigenvalue weighted by Crippen LogP contribution is -2.29. The summed E-state index contributed by atoms with van der Waals surface area (Å²) in [5.74, 6) is -2.56. The molecule has 1 aromatic rings. The Hall–Kier alpha value is -1.95. The van der Waals surface area contributed by atoms with Crippen molar-refractivity contribution in [3.8, 4) is 0 Å². The van der Waals surface area contributed by atoms with Crippen LogP contribution in [0.2, 0.25) is 0 Å². The molecule has 0 bridgehead atoms. The highest BCUT2D eigenvalue weighted by molar-refractivity contribution is 5.99. The van der Waals surface area contributed by atoms with E-state index in [2.05, 4.69) is 4.90 Å².